The fraction of sp³-hybridized carbons (Fsp3) is 0.875. The minimum Gasteiger partial charge on any atom is -0.466 e. The Morgan fingerprint density at radius 2 is 2.07 bits per heavy atom. The zero-order chi connectivity index (χ0) is 11.0. The predicted octanol–water partition coefficient (Wildman–Crippen LogP) is 0.788. The lowest BCUT2D eigenvalue weighted by atomic mass is 10.2. The fourth-order valence-electron chi connectivity index (χ4n) is 0.907. The molecule has 1 unspecified atom stereocenters. The van der Waals surface area contributed by atoms with Crippen molar-refractivity contribution in [1.82, 2.24) is 4.31 Å². The monoisotopic (exact) mass is 223 g/mol. The van der Waals surface area contributed by atoms with Gasteiger partial charge in [-0.25, -0.2) is 8.51 Å². The van der Waals surface area contributed by atoms with Gasteiger partial charge in [0, 0.05) is 20.5 Å². The molecule has 0 aliphatic heterocycles. The van der Waals surface area contributed by atoms with Crippen LogP contribution in [0.1, 0.15) is 26.2 Å². The van der Waals surface area contributed by atoms with E-state index in [0.29, 0.717) is 13.2 Å². The predicted molar refractivity (Wildman–Crippen MR) is 53.9 cm³/mol. The van der Waals surface area contributed by atoms with Gasteiger partial charge >= 0.3 is 5.97 Å². The van der Waals surface area contributed by atoms with Gasteiger partial charge < -0.3 is 4.74 Å². The minimum atomic E-state index is -1.88. The number of unbranched alkanes of at least 4 members (excludes halogenated alkanes) is 2. The van der Waals surface area contributed by atoms with Crippen molar-refractivity contribution >= 4 is 17.2 Å². The van der Waals surface area contributed by atoms with Crippen LogP contribution >= 0.6 is 0 Å². The molecule has 5 nitrogen and oxygen atoms in total. The Hall–Kier alpha value is -0.460. The first kappa shape index (κ1) is 13.5. The SMILES string of the molecule is CC(=O)OCCCCCN(C)S(=O)O. The highest BCUT2D eigenvalue weighted by Crippen LogP contribution is 1.99. The summed E-state index contributed by atoms with van der Waals surface area (Å²) in [6.45, 7) is 2.38. The maximum atomic E-state index is 10.5. The molecule has 0 aromatic carbocycles. The second-order valence-electron chi connectivity index (χ2n) is 2.98. The molecular weight excluding hydrogens is 206 g/mol. The lowest BCUT2D eigenvalue weighted by Crippen LogP contribution is -2.21. The third kappa shape index (κ3) is 8.15. The molecule has 0 radical (unpaired) electrons. The molecule has 0 aliphatic carbocycles. The summed E-state index contributed by atoms with van der Waals surface area (Å²) in [5, 5.41) is 0. The maximum Gasteiger partial charge on any atom is 0.302 e. The first-order valence-corrected chi connectivity index (χ1v) is 5.56. The van der Waals surface area contributed by atoms with E-state index >= 15 is 0 Å². The summed E-state index contributed by atoms with van der Waals surface area (Å²) >= 11 is -1.88. The summed E-state index contributed by atoms with van der Waals surface area (Å²) in [4.78, 5) is 10.4. The molecule has 0 rings (SSSR count). The fourth-order valence-corrected chi connectivity index (χ4v) is 1.19. The Bertz CT molecular complexity index is 198. The van der Waals surface area contributed by atoms with Crippen molar-refractivity contribution in [2.75, 3.05) is 20.2 Å². The van der Waals surface area contributed by atoms with Gasteiger partial charge in [-0.2, -0.15) is 0 Å². The van der Waals surface area contributed by atoms with E-state index in [1.807, 2.05) is 0 Å². The zero-order valence-electron chi connectivity index (χ0n) is 8.56. The van der Waals surface area contributed by atoms with Crippen LogP contribution in [-0.2, 0) is 20.8 Å². The van der Waals surface area contributed by atoms with Crippen LogP contribution in [0.3, 0.4) is 0 Å². The van der Waals surface area contributed by atoms with E-state index in [2.05, 4.69) is 0 Å². The molecule has 0 amide bonds. The summed E-state index contributed by atoms with van der Waals surface area (Å²) in [6, 6.07) is 0. The molecule has 6 heteroatoms. The maximum absolute atomic E-state index is 10.5. The second kappa shape index (κ2) is 7.90. The van der Waals surface area contributed by atoms with Crippen molar-refractivity contribution in [3.63, 3.8) is 0 Å². The summed E-state index contributed by atoms with van der Waals surface area (Å²) < 4.78 is 25.2. The van der Waals surface area contributed by atoms with Crippen molar-refractivity contribution in [1.29, 1.82) is 0 Å². The number of rotatable bonds is 7. The molecule has 0 spiro atoms. The van der Waals surface area contributed by atoms with E-state index in [-0.39, 0.29) is 5.97 Å². The number of hydrogen-bond donors (Lipinski definition) is 1. The van der Waals surface area contributed by atoms with Gasteiger partial charge in [-0.15, -0.1) is 0 Å². The van der Waals surface area contributed by atoms with Gasteiger partial charge in [-0.3, -0.25) is 9.35 Å². The number of hydrogen-bond acceptors (Lipinski definition) is 3. The number of nitrogens with zero attached hydrogens (tertiary/aromatic N) is 1. The first-order chi connectivity index (χ1) is 6.54. The molecule has 0 saturated heterocycles. The molecule has 0 fully saturated rings. The molecule has 1 atom stereocenters. The molecule has 0 heterocycles. The van der Waals surface area contributed by atoms with Gasteiger partial charge in [0.1, 0.15) is 0 Å². The molecular formula is C8H17NO4S. The smallest absolute Gasteiger partial charge is 0.302 e. The highest BCUT2D eigenvalue weighted by molar-refractivity contribution is 7.76. The lowest BCUT2D eigenvalue weighted by molar-refractivity contribution is -0.141. The lowest BCUT2D eigenvalue weighted by Gasteiger charge is -2.10. The van der Waals surface area contributed by atoms with Gasteiger partial charge in [0.05, 0.1) is 6.61 Å². The van der Waals surface area contributed by atoms with Crippen molar-refractivity contribution in [2.24, 2.45) is 0 Å². The summed E-state index contributed by atoms with van der Waals surface area (Å²) in [7, 11) is 1.59. The minimum absolute atomic E-state index is 0.265. The largest absolute Gasteiger partial charge is 0.466 e. The second-order valence-corrected chi connectivity index (χ2v) is 4.07. The molecule has 0 aromatic rings. The third-order valence-electron chi connectivity index (χ3n) is 1.69. The van der Waals surface area contributed by atoms with E-state index in [0.717, 1.165) is 19.3 Å². The van der Waals surface area contributed by atoms with Crippen LogP contribution in [0.15, 0.2) is 0 Å². The Kier molecular flexibility index (Phi) is 7.64. The average molecular weight is 223 g/mol. The molecule has 0 aromatic heterocycles. The van der Waals surface area contributed by atoms with Gasteiger partial charge in [-0.05, 0) is 19.3 Å². The van der Waals surface area contributed by atoms with Crippen LogP contribution in [0, 0.1) is 0 Å². The number of esters is 1. The quantitative estimate of drug-likeness (QED) is 0.393. The van der Waals surface area contributed by atoms with E-state index in [9.17, 15) is 9.00 Å². The van der Waals surface area contributed by atoms with Crippen molar-refractivity contribution in [3.8, 4) is 0 Å². The van der Waals surface area contributed by atoms with Gasteiger partial charge in [0.25, 0.3) is 0 Å². The van der Waals surface area contributed by atoms with Crippen LogP contribution in [0.25, 0.3) is 0 Å². The number of carbonyl (C=O) groups excluding carboxylic acids is 1. The Labute approximate surface area is 86.8 Å². The standard InChI is InChI=1S/C8H17NO4S/c1-8(10)13-7-5-3-4-6-9(2)14(11)12/h3-7H2,1-2H3,(H,11,12). The highest BCUT2D eigenvalue weighted by Gasteiger charge is 2.02. The normalized spacial score (nSPS) is 12.9. The topological polar surface area (TPSA) is 66.8 Å². The Morgan fingerprint density at radius 1 is 1.43 bits per heavy atom. The van der Waals surface area contributed by atoms with Crippen LogP contribution in [0.5, 0.6) is 0 Å². The molecule has 84 valence electrons. The summed E-state index contributed by atoms with van der Waals surface area (Å²) in [5.74, 6) is -0.265. The molecule has 0 aliphatic rings. The van der Waals surface area contributed by atoms with Gasteiger partial charge in [0.2, 0.25) is 11.3 Å². The highest BCUT2D eigenvalue weighted by atomic mass is 32.2. The Balaban J connectivity index is 3.21. The number of carbonyl (C=O) groups is 1. The van der Waals surface area contributed by atoms with Crippen LogP contribution in [0.4, 0.5) is 0 Å². The number of ether oxygens (including phenoxy) is 1. The molecule has 0 bridgehead atoms. The van der Waals surface area contributed by atoms with E-state index < -0.39 is 11.3 Å². The molecule has 1 N–H and O–H groups in total. The van der Waals surface area contributed by atoms with Crippen LogP contribution < -0.4 is 0 Å². The van der Waals surface area contributed by atoms with Crippen molar-refractivity contribution in [2.45, 2.75) is 26.2 Å². The van der Waals surface area contributed by atoms with Crippen LogP contribution in [-0.4, -0.2) is 39.2 Å². The zero-order valence-corrected chi connectivity index (χ0v) is 9.38. The Morgan fingerprint density at radius 3 is 2.57 bits per heavy atom. The van der Waals surface area contributed by atoms with Gasteiger partial charge in [0.15, 0.2) is 0 Å². The van der Waals surface area contributed by atoms with E-state index in [1.165, 1.54) is 11.2 Å². The third-order valence-corrected chi connectivity index (χ3v) is 2.41. The first-order valence-electron chi connectivity index (χ1n) is 4.49. The van der Waals surface area contributed by atoms with Crippen molar-refractivity contribution < 1.29 is 18.3 Å². The summed E-state index contributed by atoms with van der Waals surface area (Å²) in [6.07, 6.45) is 2.50. The van der Waals surface area contributed by atoms with Crippen LogP contribution in [0.2, 0.25) is 0 Å². The van der Waals surface area contributed by atoms with Crippen molar-refractivity contribution in [3.05, 3.63) is 0 Å². The van der Waals surface area contributed by atoms with Gasteiger partial charge in [-0.1, -0.05) is 0 Å². The summed E-state index contributed by atoms with van der Waals surface area (Å²) in [5.41, 5.74) is 0. The van der Waals surface area contributed by atoms with E-state index in [4.69, 9.17) is 9.29 Å². The average Bonchev–Trinajstić information content (AvgIpc) is 2.09. The van der Waals surface area contributed by atoms with E-state index in [1.54, 1.807) is 7.05 Å². The molecule has 0 saturated carbocycles. The molecule has 14 heavy (non-hydrogen) atoms.